The molecule has 1 aromatic carbocycles. The van der Waals surface area contributed by atoms with Gasteiger partial charge in [-0.2, -0.15) is 0 Å². The second-order valence-corrected chi connectivity index (χ2v) is 6.63. The molecule has 1 aliphatic heterocycles. The average Bonchev–Trinajstić information content (AvgIpc) is 3.07. The van der Waals surface area contributed by atoms with Gasteiger partial charge in [-0.15, -0.1) is 0 Å². The lowest BCUT2D eigenvalue weighted by molar-refractivity contribution is -0.124. The van der Waals surface area contributed by atoms with Crippen molar-refractivity contribution in [1.82, 2.24) is 15.5 Å². The Morgan fingerprint density at radius 1 is 1.15 bits per heavy atom. The fourth-order valence-electron chi connectivity index (χ4n) is 2.78. The number of halogens is 2. The average molecular weight is 402 g/mol. The minimum atomic E-state index is -0.553. The van der Waals surface area contributed by atoms with Crippen molar-refractivity contribution in [2.45, 2.75) is 25.8 Å². The molecule has 3 amide bonds. The van der Waals surface area contributed by atoms with Gasteiger partial charge in [-0.3, -0.25) is 9.59 Å². The van der Waals surface area contributed by atoms with Crippen LogP contribution in [-0.2, 0) is 9.53 Å². The topological polar surface area (TPSA) is 87.7 Å². The number of likely N-dealkylation sites (tertiary alicyclic amines) is 1. The van der Waals surface area contributed by atoms with E-state index >= 15 is 0 Å². The smallest absolute Gasteiger partial charge is 0.407 e. The first-order valence-corrected chi connectivity index (χ1v) is 9.13. The Morgan fingerprint density at radius 2 is 1.81 bits per heavy atom. The van der Waals surface area contributed by atoms with E-state index in [9.17, 15) is 14.4 Å². The number of carbonyl (C=O) groups excluding carboxylic acids is 3. The van der Waals surface area contributed by atoms with Crippen LogP contribution in [0.3, 0.4) is 0 Å². The Kier molecular flexibility index (Phi) is 7.53. The van der Waals surface area contributed by atoms with E-state index in [1.807, 2.05) is 0 Å². The van der Waals surface area contributed by atoms with Crippen molar-refractivity contribution in [3.63, 3.8) is 0 Å². The summed E-state index contributed by atoms with van der Waals surface area (Å²) in [4.78, 5) is 37.8. The van der Waals surface area contributed by atoms with E-state index in [1.54, 1.807) is 13.0 Å². The van der Waals surface area contributed by atoms with E-state index < -0.39 is 12.1 Å². The van der Waals surface area contributed by atoms with E-state index in [2.05, 4.69) is 10.6 Å². The van der Waals surface area contributed by atoms with Crippen LogP contribution in [0.25, 0.3) is 0 Å². The number of amides is 3. The largest absolute Gasteiger partial charge is 0.450 e. The molecule has 0 aromatic heterocycles. The van der Waals surface area contributed by atoms with Gasteiger partial charge in [0.2, 0.25) is 5.91 Å². The molecule has 0 aliphatic carbocycles. The van der Waals surface area contributed by atoms with Crippen molar-refractivity contribution in [3.8, 4) is 0 Å². The maximum Gasteiger partial charge on any atom is 0.407 e. The molecule has 142 valence electrons. The van der Waals surface area contributed by atoms with Crippen LogP contribution in [0.4, 0.5) is 4.79 Å². The third-order valence-electron chi connectivity index (χ3n) is 3.89. The number of nitrogens with one attached hydrogen (secondary N) is 2. The van der Waals surface area contributed by atoms with Gasteiger partial charge in [0, 0.05) is 35.2 Å². The normalized spacial score (nSPS) is 16.3. The highest BCUT2D eigenvalue weighted by molar-refractivity contribution is 6.35. The summed E-state index contributed by atoms with van der Waals surface area (Å²) in [7, 11) is 0. The van der Waals surface area contributed by atoms with Crippen LogP contribution in [0.1, 0.15) is 30.1 Å². The number of alkyl carbamates (subject to hydrolysis) is 1. The summed E-state index contributed by atoms with van der Waals surface area (Å²) in [5, 5.41) is 5.98. The van der Waals surface area contributed by atoms with E-state index in [-0.39, 0.29) is 31.5 Å². The molecule has 1 saturated heterocycles. The summed E-state index contributed by atoms with van der Waals surface area (Å²) >= 11 is 11.9. The Morgan fingerprint density at radius 3 is 2.46 bits per heavy atom. The Hall–Kier alpha value is -1.99. The van der Waals surface area contributed by atoms with Crippen LogP contribution < -0.4 is 10.6 Å². The van der Waals surface area contributed by atoms with Crippen LogP contribution in [0.15, 0.2) is 18.2 Å². The zero-order valence-electron chi connectivity index (χ0n) is 14.4. The predicted octanol–water partition coefficient (Wildman–Crippen LogP) is 2.46. The zero-order chi connectivity index (χ0) is 19.1. The summed E-state index contributed by atoms with van der Waals surface area (Å²) in [6.07, 6.45) is 0.786. The minimum absolute atomic E-state index is 0.245. The van der Waals surface area contributed by atoms with Crippen molar-refractivity contribution in [3.05, 3.63) is 33.8 Å². The molecule has 9 heteroatoms. The first-order valence-electron chi connectivity index (χ1n) is 8.37. The molecule has 1 fully saturated rings. The maximum absolute atomic E-state index is 12.7. The predicted molar refractivity (Wildman–Crippen MR) is 98.6 cm³/mol. The summed E-state index contributed by atoms with van der Waals surface area (Å²) in [5.74, 6) is -0.536. The molecule has 1 aliphatic rings. The number of carbonyl (C=O) groups is 3. The molecule has 0 radical (unpaired) electrons. The molecule has 2 rings (SSSR count). The first kappa shape index (κ1) is 20.3. The van der Waals surface area contributed by atoms with Crippen molar-refractivity contribution >= 4 is 41.1 Å². The number of nitrogens with zero attached hydrogens (tertiary/aromatic N) is 1. The van der Waals surface area contributed by atoms with Gasteiger partial charge in [-0.25, -0.2) is 4.79 Å². The second kappa shape index (κ2) is 9.64. The molecule has 1 unspecified atom stereocenters. The fraction of sp³-hybridized carbons (Fsp3) is 0.471. The Bertz CT molecular complexity index is 664. The molecule has 1 atom stereocenters. The molecular formula is C17H21Cl2N3O4. The summed E-state index contributed by atoms with van der Waals surface area (Å²) < 4.78 is 4.73. The second-order valence-electron chi connectivity index (χ2n) is 5.75. The lowest BCUT2D eigenvalue weighted by atomic mass is 10.1. The molecule has 1 aromatic rings. The van der Waals surface area contributed by atoms with Crippen molar-refractivity contribution in [2.24, 2.45) is 0 Å². The van der Waals surface area contributed by atoms with Gasteiger partial charge in [0.1, 0.15) is 6.04 Å². The molecule has 2 N–H and O–H groups in total. The van der Waals surface area contributed by atoms with E-state index in [0.717, 1.165) is 6.42 Å². The van der Waals surface area contributed by atoms with Gasteiger partial charge in [0.15, 0.2) is 0 Å². The molecule has 26 heavy (non-hydrogen) atoms. The molecule has 7 nitrogen and oxygen atoms in total. The first-order chi connectivity index (χ1) is 12.4. The van der Waals surface area contributed by atoms with Crippen molar-refractivity contribution < 1.29 is 19.1 Å². The molecule has 0 spiro atoms. The number of hydrogen-bond acceptors (Lipinski definition) is 4. The van der Waals surface area contributed by atoms with Gasteiger partial charge in [-0.1, -0.05) is 23.2 Å². The number of benzene rings is 1. The highest BCUT2D eigenvalue weighted by atomic mass is 35.5. The number of ether oxygens (including phenoxy) is 1. The van der Waals surface area contributed by atoms with Gasteiger partial charge in [-0.05, 0) is 38.0 Å². The van der Waals surface area contributed by atoms with Crippen LogP contribution in [0, 0.1) is 0 Å². The zero-order valence-corrected chi connectivity index (χ0v) is 15.9. The van der Waals surface area contributed by atoms with Gasteiger partial charge in [0.25, 0.3) is 5.91 Å². The summed E-state index contributed by atoms with van der Waals surface area (Å²) in [5.41, 5.74) is 0.353. The third-order valence-corrected chi connectivity index (χ3v) is 4.33. The summed E-state index contributed by atoms with van der Waals surface area (Å²) in [6.45, 7) is 2.97. The molecule has 0 saturated carbocycles. The van der Waals surface area contributed by atoms with Crippen LogP contribution >= 0.6 is 23.2 Å². The standard InChI is InChI=1S/C17H21Cl2N3O4/c1-2-26-17(25)21-6-5-20-15(23)14-4-3-7-22(14)16(24)11-8-12(18)10-13(19)9-11/h8-10,14H,2-7H2,1H3,(H,20,23)(H,21,25). The number of hydrogen-bond donors (Lipinski definition) is 2. The monoisotopic (exact) mass is 401 g/mol. The number of rotatable bonds is 6. The van der Waals surface area contributed by atoms with E-state index in [0.29, 0.717) is 28.6 Å². The lowest BCUT2D eigenvalue weighted by Crippen LogP contribution is -2.47. The quantitative estimate of drug-likeness (QED) is 0.716. The van der Waals surface area contributed by atoms with Gasteiger partial charge >= 0.3 is 6.09 Å². The van der Waals surface area contributed by atoms with Crippen molar-refractivity contribution in [1.29, 1.82) is 0 Å². The van der Waals surface area contributed by atoms with Crippen LogP contribution in [-0.4, -0.2) is 55.1 Å². The highest BCUT2D eigenvalue weighted by Crippen LogP contribution is 2.24. The third kappa shape index (κ3) is 5.51. The molecule has 1 heterocycles. The minimum Gasteiger partial charge on any atom is -0.450 e. The van der Waals surface area contributed by atoms with Crippen molar-refractivity contribution in [2.75, 3.05) is 26.2 Å². The summed E-state index contributed by atoms with van der Waals surface area (Å²) in [6, 6.07) is 4.06. The Labute approximate surface area is 162 Å². The van der Waals surface area contributed by atoms with Crippen LogP contribution in [0.5, 0.6) is 0 Å². The maximum atomic E-state index is 12.7. The Balaban J connectivity index is 1.91. The SMILES string of the molecule is CCOC(=O)NCCNC(=O)C1CCCN1C(=O)c1cc(Cl)cc(Cl)c1. The molecule has 0 bridgehead atoms. The van der Waals surface area contributed by atoms with Gasteiger partial charge < -0.3 is 20.3 Å². The highest BCUT2D eigenvalue weighted by Gasteiger charge is 2.34. The molecular weight excluding hydrogens is 381 g/mol. The lowest BCUT2D eigenvalue weighted by Gasteiger charge is -2.24. The van der Waals surface area contributed by atoms with E-state index in [4.69, 9.17) is 27.9 Å². The van der Waals surface area contributed by atoms with Gasteiger partial charge in [0.05, 0.1) is 6.61 Å². The van der Waals surface area contributed by atoms with Crippen LogP contribution in [0.2, 0.25) is 10.0 Å². The van der Waals surface area contributed by atoms with E-state index in [1.165, 1.54) is 17.0 Å². The fourth-order valence-corrected chi connectivity index (χ4v) is 3.30.